The van der Waals surface area contributed by atoms with Crippen molar-refractivity contribution in [3.05, 3.63) is 120 Å². The van der Waals surface area contributed by atoms with E-state index < -0.39 is 0 Å². The number of hydrogen-bond acceptors (Lipinski definition) is 2. The third-order valence-corrected chi connectivity index (χ3v) is 7.44. The van der Waals surface area contributed by atoms with Crippen LogP contribution < -0.4 is 0 Å². The average molecular weight is 449 g/mol. The van der Waals surface area contributed by atoms with Crippen molar-refractivity contribution in [2.45, 2.75) is 19.3 Å². The summed E-state index contributed by atoms with van der Waals surface area (Å²) < 4.78 is 0. The van der Waals surface area contributed by atoms with Crippen molar-refractivity contribution < 1.29 is 0 Å². The highest BCUT2D eigenvalue weighted by Gasteiger charge is 2.38. The van der Waals surface area contributed by atoms with Crippen molar-refractivity contribution in [3.8, 4) is 33.8 Å². The molecule has 2 nitrogen and oxygen atoms in total. The molecular weight excluding hydrogens is 424 g/mol. The molecule has 166 valence electrons. The zero-order chi connectivity index (χ0) is 23.6. The molecule has 0 bridgehead atoms. The van der Waals surface area contributed by atoms with Crippen LogP contribution in [0.3, 0.4) is 0 Å². The fourth-order valence-electron chi connectivity index (χ4n) is 5.85. The Morgan fingerprint density at radius 3 is 2.14 bits per heavy atom. The molecule has 0 N–H and O–H groups in total. The van der Waals surface area contributed by atoms with Crippen molar-refractivity contribution >= 4 is 21.7 Å². The van der Waals surface area contributed by atoms with Crippen molar-refractivity contribution in [1.29, 1.82) is 0 Å². The Hall–Kier alpha value is -4.30. The zero-order valence-electron chi connectivity index (χ0n) is 19.8. The standard InChI is InChI=1S/C33H24N2/c1-33(2)27-18-10-8-16-24(27)29-26(20-22-14-6-7-15-23(22)30(29)33)32-34-28-19-11-9-17-25(28)31(35-32)21-12-4-3-5-13-21/h3-20H,1-2H3. The molecular formula is C33H24N2. The van der Waals surface area contributed by atoms with Crippen LogP contribution in [-0.2, 0) is 5.41 Å². The molecule has 0 aliphatic heterocycles. The Kier molecular flexibility index (Phi) is 4.22. The van der Waals surface area contributed by atoms with Crippen molar-refractivity contribution in [2.24, 2.45) is 0 Å². The molecule has 7 rings (SSSR count). The van der Waals surface area contributed by atoms with E-state index in [1.54, 1.807) is 0 Å². The van der Waals surface area contributed by atoms with Gasteiger partial charge in [0, 0.05) is 21.9 Å². The Bertz CT molecular complexity index is 1760. The van der Waals surface area contributed by atoms with E-state index in [4.69, 9.17) is 9.97 Å². The summed E-state index contributed by atoms with van der Waals surface area (Å²) in [6.07, 6.45) is 0. The first-order valence-electron chi connectivity index (χ1n) is 12.1. The molecule has 0 saturated heterocycles. The van der Waals surface area contributed by atoms with Gasteiger partial charge in [0.25, 0.3) is 0 Å². The average Bonchev–Trinajstić information content (AvgIpc) is 3.15. The summed E-state index contributed by atoms with van der Waals surface area (Å²) in [5.74, 6) is 0.775. The minimum absolute atomic E-state index is 0.110. The number of fused-ring (bicyclic) bond motifs is 6. The maximum atomic E-state index is 5.24. The molecule has 2 heteroatoms. The molecule has 0 unspecified atom stereocenters. The van der Waals surface area contributed by atoms with Crippen LogP contribution in [-0.4, -0.2) is 9.97 Å². The second-order valence-corrected chi connectivity index (χ2v) is 9.84. The van der Waals surface area contributed by atoms with E-state index >= 15 is 0 Å². The molecule has 1 heterocycles. The predicted molar refractivity (Wildman–Crippen MR) is 145 cm³/mol. The number of aromatic nitrogens is 2. The van der Waals surface area contributed by atoms with Crippen molar-refractivity contribution in [1.82, 2.24) is 9.97 Å². The van der Waals surface area contributed by atoms with Gasteiger partial charge in [-0.15, -0.1) is 0 Å². The molecule has 1 aromatic heterocycles. The van der Waals surface area contributed by atoms with Gasteiger partial charge >= 0.3 is 0 Å². The highest BCUT2D eigenvalue weighted by molar-refractivity contribution is 6.04. The molecule has 1 aliphatic rings. The van der Waals surface area contributed by atoms with Crippen LogP contribution in [0.1, 0.15) is 25.0 Å². The fraction of sp³-hybridized carbons (Fsp3) is 0.0909. The maximum Gasteiger partial charge on any atom is 0.161 e. The molecule has 0 saturated carbocycles. The predicted octanol–water partition coefficient (Wildman–Crippen LogP) is 8.42. The van der Waals surface area contributed by atoms with E-state index in [2.05, 4.69) is 117 Å². The van der Waals surface area contributed by atoms with Gasteiger partial charge in [0.2, 0.25) is 0 Å². The van der Waals surface area contributed by atoms with E-state index in [1.165, 1.54) is 33.0 Å². The molecule has 35 heavy (non-hydrogen) atoms. The first kappa shape index (κ1) is 20.1. The third-order valence-electron chi connectivity index (χ3n) is 7.44. The minimum atomic E-state index is -0.110. The molecule has 0 spiro atoms. The molecule has 0 atom stereocenters. The second-order valence-electron chi connectivity index (χ2n) is 9.84. The lowest BCUT2D eigenvalue weighted by molar-refractivity contribution is 0.666. The summed E-state index contributed by atoms with van der Waals surface area (Å²) in [6.45, 7) is 4.68. The lowest BCUT2D eigenvalue weighted by atomic mass is 9.79. The van der Waals surface area contributed by atoms with Gasteiger partial charge in [0.05, 0.1) is 11.2 Å². The van der Waals surface area contributed by atoms with Gasteiger partial charge in [0.1, 0.15) is 0 Å². The van der Waals surface area contributed by atoms with Gasteiger partial charge in [-0.25, -0.2) is 9.97 Å². The maximum absolute atomic E-state index is 5.24. The Balaban J connectivity index is 1.62. The van der Waals surface area contributed by atoms with Gasteiger partial charge in [-0.2, -0.15) is 0 Å². The first-order chi connectivity index (χ1) is 17.1. The number of para-hydroxylation sites is 1. The highest BCUT2D eigenvalue weighted by atomic mass is 14.9. The summed E-state index contributed by atoms with van der Waals surface area (Å²) in [6, 6.07) is 38.6. The monoisotopic (exact) mass is 448 g/mol. The van der Waals surface area contributed by atoms with Crippen molar-refractivity contribution in [2.75, 3.05) is 0 Å². The van der Waals surface area contributed by atoms with E-state index in [-0.39, 0.29) is 5.41 Å². The topological polar surface area (TPSA) is 25.8 Å². The quantitative estimate of drug-likeness (QED) is 0.266. The fourth-order valence-corrected chi connectivity index (χ4v) is 5.85. The smallest absolute Gasteiger partial charge is 0.161 e. The molecule has 0 amide bonds. The van der Waals surface area contributed by atoms with Gasteiger partial charge in [0.15, 0.2) is 5.82 Å². The summed E-state index contributed by atoms with van der Waals surface area (Å²) in [7, 11) is 0. The van der Waals surface area contributed by atoms with Crippen LogP contribution in [0.15, 0.2) is 109 Å². The molecule has 0 fully saturated rings. The van der Waals surface area contributed by atoms with Gasteiger partial charge in [-0.3, -0.25) is 0 Å². The van der Waals surface area contributed by atoms with Crippen LogP contribution in [0, 0.1) is 0 Å². The molecule has 1 aliphatic carbocycles. The molecule has 6 aromatic rings. The Labute approximate surface area is 204 Å². The summed E-state index contributed by atoms with van der Waals surface area (Å²) >= 11 is 0. The lowest BCUT2D eigenvalue weighted by Crippen LogP contribution is -2.15. The van der Waals surface area contributed by atoms with Crippen LogP contribution in [0.2, 0.25) is 0 Å². The summed E-state index contributed by atoms with van der Waals surface area (Å²) in [4.78, 5) is 10.4. The van der Waals surface area contributed by atoms with Crippen LogP contribution in [0.4, 0.5) is 0 Å². The minimum Gasteiger partial charge on any atom is -0.228 e. The SMILES string of the molecule is CC1(C)c2ccccc2-c2c(-c3nc(-c4ccccc4)c4ccccc4n3)cc3ccccc3c21. The van der Waals surface area contributed by atoms with Gasteiger partial charge in [-0.05, 0) is 45.2 Å². The van der Waals surface area contributed by atoms with Crippen molar-refractivity contribution in [3.63, 3.8) is 0 Å². The van der Waals surface area contributed by atoms with Gasteiger partial charge < -0.3 is 0 Å². The normalized spacial score (nSPS) is 13.7. The second kappa shape index (κ2) is 7.35. The van der Waals surface area contributed by atoms with E-state index in [0.717, 1.165) is 33.5 Å². The molecule has 0 radical (unpaired) electrons. The van der Waals surface area contributed by atoms with Gasteiger partial charge in [-0.1, -0.05) is 111 Å². The summed E-state index contributed by atoms with van der Waals surface area (Å²) in [5.41, 5.74) is 9.29. The largest absolute Gasteiger partial charge is 0.228 e. The first-order valence-corrected chi connectivity index (χ1v) is 12.1. The number of rotatable bonds is 2. The number of benzene rings is 5. The summed E-state index contributed by atoms with van der Waals surface area (Å²) in [5, 5.41) is 3.59. The third kappa shape index (κ3) is 2.90. The van der Waals surface area contributed by atoms with Crippen LogP contribution >= 0.6 is 0 Å². The molecule has 5 aromatic carbocycles. The van der Waals surface area contributed by atoms with E-state index in [1.807, 2.05) is 6.07 Å². The Morgan fingerprint density at radius 2 is 1.29 bits per heavy atom. The van der Waals surface area contributed by atoms with Crippen LogP contribution in [0.5, 0.6) is 0 Å². The highest BCUT2D eigenvalue weighted by Crippen LogP contribution is 2.54. The number of nitrogens with zero attached hydrogens (tertiary/aromatic N) is 2. The van der Waals surface area contributed by atoms with E-state index in [0.29, 0.717) is 0 Å². The Morgan fingerprint density at radius 1 is 0.600 bits per heavy atom. The van der Waals surface area contributed by atoms with E-state index in [9.17, 15) is 0 Å². The van der Waals surface area contributed by atoms with Crippen LogP contribution in [0.25, 0.3) is 55.4 Å². The lowest BCUT2D eigenvalue weighted by Gasteiger charge is -2.24. The zero-order valence-corrected chi connectivity index (χ0v) is 19.8. The number of hydrogen-bond donors (Lipinski definition) is 0.